The van der Waals surface area contributed by atoms with Gasteiger partial charge in [-0.3, -0.25) is 4.98 Å². The van der Waals surface area contributed by atoms with E-state index in [2.05, 4.69) is 55.9 Å². The number of hydrogen-bond acceptors (Lipinski definition) is 2. The molecule has 1 aromatic carbocycles. The van der Waals surface area contributed by atoms with Crippen LogP contribution in [0.1, 0.15) is 22.9 Å². The highest BCUT2D eigenvalue weighted by Crippen LogP contribution is 2.27. The molecule has 1 aromatic heterocycles. The molecule has 0 aliphatic carbocycles. The van der Waals surface area contributed by atoms with E-state index in [4.69, 9.17) is 5.73 Å². The Labute approximate surface area is 118 Å². The van der Waals surface area contributed by atoms with Crippen LogP contribution in [-0.4, -0.2) is 4.98 Å². The SMILES string of the molecule is Cc1cccc(C(N)c2ncc(Br)cc2Br)c1. The molecule has 2 N–H and O–H groups in total. The summed E-state index contributed by atoms with van der Waals surface area (Å²) in [5, 5.41) is 0. The molecular weight excluding hydrogens is 344 g/mol. The Bertz CT molecular complexity index is 541. The third-order valence-electron chi connectivity index (χ3n) is 2.53. The van der Waals surface area contributed by atoms with E-state index in [0.717, 1.165) is 20.2 Å². The van der Waals surface area contributed by atoms with Crippen LogP contribution in [0.15, 0.2) is 45.5 Å². The summed E-state index contributed by atoms with van der Waals surface area (Å²) in [7, 11) is 0. The largest absolute Gasteiger partial charge is 0.319 e. The highest BCUT2D eigenvalue weighted by atomic mass is 79.9. The van der Waals surface area contributed by atoms with Crippen molar-refractivity contribution >= 4 is 31.9 Å². The maximum atomic E-state index is 6.23. The monoisotopic (exact) mass is 354 g/mol. The predicted molar refractivity (Wildman–Crippen MR) is 76.8 cm³/mol. The van der Waals surface area contributed by atoms with Gasteiger partial charge in [-0.2, -0.15) is 0 Å². The highest BCUT2D eigenvalue weighted by molar-refractivity contribution is 9.11. The molecule has 4 heteroatoms. The lowest BCUT2D eigenvalue weighted by atomic mass is 10.0. The van der Waals surface area contributed by atoms with Gasteiger partial charge in [-0.05, 0) is 50.4 Å². The normalized spacial score (nSPS) is 12.5. The van der Waals surface area contributed by atoms with Crippen LogP contribution in [-0.2, 0) is 0 Å². The number of halogens is 2. The van der Waals surface area contributed by atoms with Gasteiger partial charge >= 0.3 is 0 Å². The van der Waals surface area contributed by atoms with Gasteiger partial charge in [-0.1, -0.05) is 29.8 Å². The molecule has 0 saturated carbocycles. The molecule has 2 rings (SSSR count). The topological polar surface area (TPSA) is 38.9 Å². The van der Waals surface area contributed by atoms with E-state index in [9.17, 15) is 0 Å². The van der Waals surface area contributed by atoms with Gasteiger partial charge in [0.15, 0.2) is 0 Å². The second kappa shape index (κ2) is 5.29. The van der Waals surface area contributed by atoms with Gasteiger partial charge in [-0.25, -0.2) is 0 Å². The van der Waals surface area contributed by atoms with Gasteiger partial charge in [0.25, 0.3) is 0 Å². The maximum Gasteiger partial charge on any atom is 0.0758 e. The summed E-state index contributed by atoms with van der Waals surface area (Å²) in [6.45, 7) is 2.06. The molecule has 2 aromatic rings. The van der Waals surface area contributed by atoms with Crippen LogP contribution >= 0.6 is 31.9 Å². The fourth-order valence-corrected chi connectivity index (χ4v) is 2.91. The standard InChI is InChI=1S/C13H12Br2N2/c1-8-3-2-4-9(5-8)12(16)13-11(15)6-10(14)7-17-13/h2-7,12H,16H2,1H3. The van der Waals surface area contributed by atoms with Crippen molar-refractivity contribution in [1.82, 2.24) is 4.98 Å². The van der Waals surface area contributed by atoms with Crippen molar-refractivity contribution in [2.45, 2.75) is 13.0 Å². The molecule has 0 aliphatic rings. The predicted octanol–water partition coefficient (Wildman–Crippen LogP) is 3.96. The average molecular weight is 356 g/mol. The molecule has 0 amide bonds. The molecule has 0 fully saturated rings. The van der Waals surface area contributed by atoms with Crippen LogP contribution in [0.25, 0.3) is 0 Å². The fraction of sp³-hybridized carbons (Fsp3) is 0.154. The first kappa shape index (κ1) is 12.7. The number of rotatable bonds is 2. The van der Waals surface area contributed by atoms with Crippen molar-refractivity contribution in [3.05, 3.63) is 62.3 Å². The third-order valence-corrected chi connectivity index (χ3v) is 3.60. The maximum absolute atomic E-state index is 6.23. The summed E-state index contributed by atoms with van der Waals surface area (Å²) in [4.78, 5) is 4.37. The van der Waals surface area contributed by atoms with Crippen molar-refractivity contribution in [2.75, 3.05) is 0 Å². The Kier molecular flexibility index (Phi) is 3.97. The number of hydrogen-bond donors (Lipinski definition) is 1. The molecule has 0 spiro atoms. The number of nitrogens with two attached hydrogens (primary N) is 1. The van der Waals surface area contributed by atoms with Gasteiger partial charge < -0.3 is 5.73 Å². The molecule has 1 unspecified atom stereocenters. The summed E-state index contributed by atoms with van der Waals surface area (Å²) >= 11 is 6.87. The van der Waals surface area contributed by atoms with Gasteiger partial charge in [0, 0.05) is 15.1 Å². The molecule has 88 valence electrons. The molecule has 0 aliphatic heterocycles. The first-order chi connectivity index (χ1) is 8.08. The Morgan fingerprint density at radius 2 is 2.00 bits per heavy atom. The fourth-order valence-electron chi connectivity index (χ4n) is 1.68. The van der Waals surface area contributed by atoms with Crippen molar-refractivity contribution in [1.29, 1.82) is 0 Å². The van der Waals surface area contributed by atoms with Crippen LogP contribution in [0.2, 0.25) is 0 Å². The molecule has 0 bridgehead atoms. The van der Waals surface area contributed by atoms with Crippen LogP contribution < -0.4 is 5.73 Å². The van der Waals surface area contributed by atoms with E-state index < -0.39 is 0 Å². The molecule has 1 heterocycles. The minimum absolute atomic E-state index is 0.211. The minimum Gasteiger partial charge on any atom is -0.319 e. The summed E-state index contributed by atoms with van der Waals surface area (Å²) < 4.78 is 1.85. The van der Waals surface area contributed by atoms with E-state index in [0.29, 0.717) is 0 Å². The number of aryl methyl sites for hydroxylation is 1. The summed E-state index contributed by atoms with van der Waals surface area (Å²) in [5.41, 5.74) is 9.34. The zero-order valence-corrected chi connectivity index (χ0v) is 12.5. The molecule has 0 radical (unpaired) electrons. The van der Waals surface area contributed by atoms with Crippen molar-refractivity contribution in [3.8, 4) is 0 Å². The lowest BCUT2D eigenvalue weighted by Gasteiger charge is -2.14. The lowest BCUT2D eigenvalue weighted by molar-refractivity contribution is 0.820. The van der Waals surface area contributed by atoms with Crippen molar-refractivity contribution in [3.63, 3.8) is 0 Å². The third kappa shape index (κ3) is 2.94. The molecule has 17 heavy (non-hydrogen) atoms. The molecule has 0 saturated heterocycles. The van der Waals surface area contributed by atoms with E-state index in [1.807, 2.05) is 18.2 Å². The number of nitrogens with zero attached hydrogens (tertiary/aromatic N) is 1. The van der Waals surface area contributed by atoms with Crippen LogP contribution in [0.3, 0.4) is 0 Å². The number of benzene rings is 1. The second-order valence-electron chi connectivity index (χ2n) is 3.91. The van der Waals surface area contributed by atoms with E-state index in [-0.39, 0.29) is 6.04 Å². The summed E-state index contributed by atoms with van der Waals surface area (Å²) in [5.74, 6) is 0. The van der Waals surface area contributed by atoms with Gasteiger partial charge in [0.05, 0.1) is 11.7 Å². The Balaban J connectivity index is 2.40. The van der Waals surface area contributed by atoms with E-state index >= 15 is 0 Å². The van der Waals surface area contributed by atoms with Crippen LogP contribution in [0.4, 0.5) is 0 Å². The highest BCUT2D eigenvalue weighted by Gasteiger charge is 2.14. The molecule has 1 atom stereocenters. The summed E-state index contributed by atoms with van der Waals surface area (Å²) in [6.07, 6.45) is 1.76. The van der Waals surface area contributed by atoms with Crippen molar-refractivity contribution < 1.29 is 0 Å². The zero-order valence-electron chi connectivity index (χ0n) is 9.32. The zero-order chi connectivity index (χ0) is 12.4. The van der Waals surface area contributed by atoms with E-state index in [1.54, 1.807) is 6.20 Å². The Morgan fingerprint density at radius 1 is 1.24 bits per heavy atom. The first-order valence-corrected chi connectivity index (χ1v) is 6.79. The molecule has 2 nitrogen and oxygen atoms in total. The first-order valence-electron chi connectivity index (χ1n) is 5.21. The minimum atomic E-state index is -0.211. The average Bonchev–Trinajstić information content (AvgIpc) is 2.28. The lowest BCUT2D eigenvalue weighted by Crippen LogP contribution is -2.14. The van der Waals surface area contributed by atoms with Gasteiger partial charge in [-0.15, -0.1) is 0 Å². The van der Waals surface area contributed by atoms with Crippen LogP contribution in [0.5, 0.6) is 0 Å². The van der Waals surface area contributed by atoms with Gasteiger partial charge in [0.1, 0.15) is 0 Å². The Hall–Kier alpha value is -0.710. The molecular formula is C13H12Br2N2. The number of pyridine rings is 1. The Morgan fingerprint density at radius 3 is 2.65 bits per heavy atom. The van der Waals surface area contributed by atoms with E-state index in [1.165, 1.54) is 5.56 Å². The number of aromatic nitrogens is 1. The second-order valence-corrected chi connectivity index (χ2v) is 5.68. The quantitative estimate of drug-likeness (QED) is 0.885. The smallest absolute Gasteiger partial charge is 0.0758 e. The summed E-state index contributed by atoms with van der Waals surface area (Å²) in [6, 6.07) is 9.92. The van der Waals surface area contributed by atoms with Gasteiger partial charge in [0.2, 0.25) is 0 Å². The van der Waals surface area contributed by atoms with Crippen molar-refractivity contribution in [2.24, 2.45) is 5.73 Å². The van der Waals surface area contributed by atoms with Crippen LogP contribution in [0, 0.1) is 6.92 Å².